The Balaban J connectivity index is 1.30. The first-order valence-corrected chi connectivity index (χ1v) is 11.4. The first kappa shape index (κ1) is 22.7. The van der Waals surface area contributed by atoms with Gasteiger partial charge in [0.2, 0.25) is 0 Å². The van der Waals surface area contributed by atoms with Crippen LogP contribution in [0, 0.1) is 0 Å². The summed E-state index contributed by atoms with van der Waals surface area (Å²) in [6.45, 7) is 0. The van der Waals surface area contributed by atoms with Crippen LogP contribution in [-0.2, 0) is 7.05 Å². The smallest absolute Gasteiger partial charge is 0.256 e. The summed E-state index contributed by atoms with van der Waals surface area (Å²) in [5.74, 6) is 0.184. The number of benzene rings is 3. The van der Waals surface area contributed by atoms with E-state index in [0.717, 1.165) is 16.7 Å². The highest BCUT2D eigenvalue weighted by Gasteiger charge is 2.14. The van der Waals surface area contributed by atoms with Crippen LogP contribution in [0.2, 0.25) is 0 Å². The summed E-state index contributed by atoms with van der Waals surface area (Å²) < 4.78 is 1.63. The molecule has 5 aromatic rings. The normalized spacial score (nSPS) is 10.6. The predicted molar refractivity (Wildman–Crippen MR) is 141 cm³/mol. The SMILES string of the molecule is Cn1nc(-c2ccc(NC(=O)c3ccccc3-c3cccnc3)cc2)cc1NC(=O)c1ccccc1. The van der Waals surface area contributed by atoms with E-state index in [1.165, 1.54) is 0 Å². The highest BCUT2D eigenvalue weighted by atomic mass is 16.2. The van der Waals surface area contributed by atoms with Crippen LogP contribution >= 0.6 is 0 Å². The first-order valence-electron chi connectivity index (χ1n) is 11.4. The highest BCUT2D eigenvalue weighted by molar-refractivity contribution is 6.08. The molecule has 0 fully saturated rings. The number of aromatic nitrogens is 3. The number of hydrogen-bond acceptors (Lipinski definition) is 4. The summed E-state index contributed by atoms with van der Waals surface area (Å²) in [5.41, 5.74) is 5.07. The van der Waals surface area contributed by atoms with E-state index in [-0.39, 0.29) is 11.8 Å². The molecule has 0 unspecified atom stereocenters. The molecule has 7 heteroatoms. The van der Waals surface area contributed by atoms with Crippen LogP contribution in [-0.4, -0.2) is 26.6 Å². The van der Waals surface area contributed by atoms with Gasteiger partial charge in [-0.2, -0.15) is 5.10 Å². The quantitative estimate of drug-likeness (QED) is 0.333. The van der Waals surface area contributed by atoms with Crippen molar-refractivity contribution in [1.29, 1.82) is 0 Å². The van der Waals surface area contributed by atoms with Crippen LogP contribution in [0.1, 0.15) is 20.7 Å². The van der Waals surface area contributed by atoms with Gasteiger partial charge in [0, 0.05) is 53.4 Å². The number of nitrogens with one attached hydrogen (secondary N) is 2. The summed E-state index contributed by atoms with van der Waals surface area (Å²) in [4.78, 5) is 29.7. The van der Waals surface area contributed by atoms with E-state index in [2.05, 4.69) is 20.7 Å². The molecule has 0 radical (unpaired) electrons. The van der Waals surface area contributed by atoms with Gasteiger partial charge >= 0.3 is 0 Å². The Morgan fingerprint density at radius 3 is 2.25 bits per heavy atom. The Labute approximate surface area is 208 Å². The van der Waals surface area contributed by atoms with E-state index in [1.54, 1.807) is 42.3 Å². The maximum Gasteiger partial charge on any atom is 0.256 e. The minimum Gasteiger partial charge on any atom is -0.322 e. The van der Waals surface area contributed by atoms with E-state index >= 15 is 0 Å². The zero-order valence-corrected chi connectivity index (χ0v) is 19.6. The summed E-state index contributed by atoms with van der Waals surface area (Å²) in [5, 5.41) is 10.4. The average molecular weight is 474 g/mol. The van der Waals surface area contributed by atoms with Crippen LogP contribution in [0.25, 0.3) is 22.4 Å². The molecule has 0 aliphatic rings. The van der Waals surface area contributed by atoms with Gasteiger partial charge in [-0.15, -0.1) is 0 Å². The van der Waals surface area contributed by atoms with Crippen molar-refractivity contribution in [3.8, 4) is 22.4 Å². The molecular weight excluding hydrogens is 450 g/mol. The van der Waals surface area contributed by atoms with Crippen LogP contribution in [0.5, 0.6) is 0 Å². The number of rotatable bonds is 6. The number of hydrogen-bond donors (Lipinski definition) is 2. The molecule has 7 nitrogen and oxygen atoms in total. The molecule has 0 aliphatic carbocycles. The summed E-state index contributed by atoms with van der Waals surface area (Å²) >= 11 is 0. The van der Waals surface area contributed by atoms with Gasteiger partial charge in [-0.05, 0) is 42.0 Å². The van der Waals surface area contributed by atoms with Crippen molar-refractivity contribution in [2.75, 3.05) is 10.6 Å². The molecular formula is C29H23N5O2. The van der Waals surface area contributed by atoms with Gasteiger partial charge in [-0.1, -0.05) is 54.6 Å². The second-order valence-electron chi connectivity index (χ2n) is 8.18. The van der Waals surface area contributed by atoms with Crippen molar-refractivity contribution in [2.45, 2.75) is 0 Å². The summed E-state index contributed by atoms with van der Waals surface area (Å²) in [7, 11) is 1.78. The van der Waals surface area contributed by atoms with E-state index in [4.69, 9.17) is 0 Å². The highest BCUT2D eigenvalue weighted by Crippen LogP contribution is 2.26. The van der Waals surface area contributed by atoms with E-state index in [1.807, 2.05) is 78.9 Å². The fourth-order valence-electron chi connectivity index (χ4n) is 3.88. The van der Waals surface area contributed by atoms with Gasteiger partial charge in [-0.3, -0.25) is 19.3 Å². The van der Waals surface area contributed by atoms with Gasteiger partial charge < -0.3 is 10.6 Å². The van der Waals surface area contributed by atoms with Crippen molar-refractivity contribution in [1.82, 2.24) is 14.8 Å². The predicted octanol–water partition coefficient (Wildman–Crippen LogP) is 5.65. The Morgan fingerprint density at radius 2 is 1.50 bits per heavy atom. The molecule has 2 amide bonds. The molecule has 0 aliphatic heterocycles. The molecule has 0 bridgehead atoms. The van der Waals surface area contributed by atoms with E-state index in [0.29, 0.717) is 28.3 Å². The van der Waals surface area contributed by atoms with Crippen molar-refractivity contribution < 1.29 is 9.59 Å². The van der Waals surface area contributed by atoms with Crippen LogP contribution in [0.3, 0.4) is 0 Å². The molecule has 2 N–H and O–H groups in total. The lowest BCUT2D eigenvalue weighted by Gasteiger charge is -2.10. The molecule has 0 atom stereocenters. The molecule has 176 valence electrons. The van der Waals surface area contributed by atoms with Gasteiger partial charge in [0.05, 0.1) is 5.69 Å². The zero-order valence-electron chi connectivity index (χ0n) is 19.6. The molecule has 3 aromatic carbocycles. The molecule has 0 saturated heterocycles. The fourth-order valence-corrected chi connectivity index (χ4v) is 3.88. The minimum absolute atomic E-state index is 0.199. The minimum atomic E-state index is -0.203. The number of anilines is 2. The fraction of sp³-hybridized carbons (Fsp3) is 0.0345. The van der Waals surface area contributed by atoms with Crippen LogP contribution in [0.4, 0.5) is 11.5 Å². The Kier molecular flexibility index (Phi) is 6.36. The third kappa shape index (κ3) is 4.90. The summed E-state index contributed by atoms with van der Waals surface area (Å²) in [6.07, 6.45) is 3.44. The Hall–Kier alpha value is -5.04. The van der Waals surface area contributed by atoms with Crippen LogP contribution in [0.15, 0.2) is 109 Å². The third-order valence-electron chi connectivity index (χ3n) is 5.74. The van der Waals surface area contributed by atoms with E-state index in [9.17, 15) is 9.59 Å². The monoisotopic (exact) mass is 473 g/mol. The summed E-state index contributed by atoms with van der Waals surface area (Å²) in [6, 6.07) is 29.5. The maximum absolute atomic E-state index is 13.0. The second kappa shape index (κ2) is 10.1. The van der Waals surface area contributed by atoms with Crippen molar-refractivity contribution >= 4 is 23.3 Å². The average Bonchev–Trinajstić information content (AvgIpc) is 3.29. The van der Waals surface area contributed by atoms with Crippen molar-refractivity contribution in [2.24, 2.45) is 7.05 Å². The van der Waals surface area contributed by atoms with Gasteiger partial charge in [0.25, 0.3) is 11.8 Å². The van der Waals surface area contributed by atoms with Crippen molar-refractivity contribution in [3.05, 3.63) is 121 Å². The number of pyridine rings is 1. The second-order valence-corrected chi connectivity index (χ2v) is 8.18. The van der Waals surface area contributed by atoms with Crippen LogP contribution < -0.4 is 10.6 Å². The Bertz CT molecular complexity index is 1510. The lowest BCUT2D eigenvalue weighted by atomic mass is 10.0. The molecule has 2 aromatic heterocycles. The number of amides is 2. The number of nitrogens with zero attached hydrogens (tertiary/aromatic N) is 3. The van der Waals surface area contributed by atoms with Gasteiger partial charge in [0.15, 0.2) is 0 Å². The van der Waals surface area contributed by atoms with Crippen molar-refractivity contribution in [3.63, 3.8) is 0 Å². The maximum atomic E-state index is 13.0. The largest absolute Gasteiger partial charge is 0.322 e. The molecule has 36 heavy (non-hydrogen) atoms. The standard InChI is InChI=1S/C29H23N5O2/c1-34-27(32-28(35)21-8-3-2-4-9-21)18-26(33-34)20-13-15-23(16-14-20)31-29(36)25-12-6-5-11-24(25)22-10-7-17-30-19-22/h2-19H,1H3,(H,31,36)(H,32,35). The first-order chi connectivity index (χ1) is 17.6. The molecule has 2 heterocycles. The molecule has 0 spiro atoms. The van der Waals surface area contributed by atoms with Gasteiger partial charge in [-0.25, -0.2) is 0 Å². The number of carbonyl (C=O) groups is 2. The van der Waals surface area contributed by atoms with Gasteiger partial charge in [0.1, 0.15) is 5.82 Å². The topological polar surface area (TPSA) is 88.9 Å². The lowest BCUT2D eigenvalue weighted by Crippen LogP contribution is -2.14. The molecule has 5 rings (SSSR count). The lowest BCUT2D eigenvalue weighted by molar-refractivity contribution is 0.101. The Morgan fingerprint density at radius 1 is 0.750 bits per heavy atom. The third-order valence-corrected chi connectivity index (χ3v) is 5.74. The molecule has 0 saturated carbocycles. The zero-order chi connectivity index (χ0) is 24.9. The van der Waals surface area contributed by atoms with E-state index < -0.39 is 0 Å². The number of carbonyl (C=O) groups excluding carboxylic acids is 2. The number of aryl methyl sites for hydroxylation is 1.